The van der Waals surface area contributed by atoms with Crippen LogP contribution >= 0.6 is 0 Å². The Morgan fingerprint density at radius 2 is 2.06 bits per heavy atom. The first-order valence-corrected chi connectivity index (χ1v) is 5.64. The lowest BCUT2D eigenvalue weighted by Gasteiger charge is -2.00. The molecule has 0 radical (unpaired) electrons. The van der Waals surface area contributed by atoms with Gasteiger partial charge in [0.1, 0.15) is 11.3 Å². The van der Waals surface area contributed by atoms with Gasteiger partial charge >= 0.3 is 0 Å². The molecule has 0 saturated carbocycles. The monoisotopic (exact) mass is 218 g/mol. The van der Waals surface area contributed by atoms with E-state index in [9.17, 15) is 0 Å². The van der Waals surface area contributed by atoms with Crippen molar-refractivity contribution >= 4 is 11.0 Å². The molecule has 0 atom stereocenters. The van der Waals surface area contributed by atoms with Crippen LogP contribution in [0.2, 0.25) is 0 Å². The van der Waals surface area contributed by atoms with Gasteiger partial charge in [-0.25, -0.2) is 0 Å². The first kappa shape index (κ1) is 11.2. The fraction of sp³-hybridized carbons (Fsp3) is 0.385. The molecule has 2 aromatic rings. The maximum absolute atomic E-state index is 5.72. The Morgan fingerprint density at radius 3 is 2.88 bits per heavy atom. The summed E-state index contributed by atoms with van der Waals surface area (Å²) in [6.07, 6.45) is 0. The second-order valence-electron chi connectivity index (χ2n) is 4.03. The lowest BCUT2D eigenvalue weighted by molar-refractivity contribution is 0.512. The number of likely N-dealkylation sites (N-methyl/N-ethyl adjacent to an activating group) is 1. The molecule has 2 rings (SSSR count). The highest BCUT2D eigenvalue weighted by molar-refractivity contribution is 5.78. The second kappa shape index (κ2) is 5.14. The Labute approximate surface area is 95.8 Å². The number of hydrogen-bond acceptors (Lipinski definition) is 3. The van der Waals surface area contributed by atoms with Gasteiger partial charge in [-0.1, -0.05) is 11.6 Å². The third kappa shape index (κ3) is 2.62. The smallest absolute Gasteiger partial charge is 0.134 e. The molecule has 0 unspecified atom stereocenters. The van der Waals surface area contributed by atoms with E-state index >= 15 is 0 Å². The average molecular weight is 218 g/mol. The summed E-state index contributed by atoms with van der Waals surface area (Å²) in [5.74, 6) is 0.997. The topological polar surface area (TPSA) is 37.2 Å². The summed E-state index contributed by atoms with van der Waals surface area (Å²) in [6.45, 7) is 4.80. The van der Waals surface area contributed by atoms with Gasteiger partial charge in [0.15, 0.2) is 0 Å². The van der Waals surface area contributed by atoms with Gasteiger partial charge in [-0.15, -0.1) is 0 Å². The lowest BCUT2D eigenvalue weighted by atomic mass is 10.2. The SMILES string of the molecule is CNCCNCc1cc2cc(C)ccc2o1. The summed E-state index contributed by atoms with van der Waals surface area (Å²) in [4.78, 5) is 0. The highest BCUT2D eigenvalue weighted by atomic mass is 16.3. The Balaban J connectivity index is 2.02. The van der Waals surface area contributed by atoms with Crippen LogP contribution in [0.1, 0.15) is 11.3 Å². The second-order valence-corrected chi connectivity index (χ2v) is 4.03. The van der Waals surface area contributed by atoms with Crippen molar-refractivity contribution in [1.29, 1.82) is 0 Å². The van der Waals surface area contributed by atoms with Crippen LogP contribution in [0.25, 0.3) is 11.0 Å². The normalized spacial score (nSPS) is 11.1. The van der Waals surface area contributed by atoms with Crippen molar-refractivity contribution in [2.24, 2.45) is 0 Å². The minimum Gasteiger partial charge on any atom is -0.460 e. The van der Waals surface area contributed by atoms with Gasteiger partial charge in [-0.05, 0) is 32.2 Å². The van der Waals surface area contributed by atoms with Gasteiger partial charge in [0.05, 0.1) is 6.54 Å². The number of rotatable bonds is 5. The maximum Gasteiger partial charge on any atom is 0.134 e. The maximum atomic E-state index is 5.72. The fourth-order valence-electron chi connectivity index (χ4n) is 1.73. The lowest BCUT2D eigenvalue weighted by Crippen LogP contribution is -2.24. The molecule has 0 saturated heterocycles. The van der Waals surface area contributed by atoms with E-state index in [2.05, 4.69) is 35.8 Å². The predicted octanol–water partition coefficient (Wildman–Crippen LogP) is 2.05. The molecule has 0 amide bonds. The minimum absolute atomic E-state index is 0.787. The summed E-state index contributed by atoms with van der Waals surface area (Å²) in [5.41, 5.74) is 2.24. The number of fused-ring (bicyclic) bond motifs is 1. The zero-order chi connectivity index (χ0) is 11.4. The number of furan rings is 1. The predicted molar refractivity (Wildman–Crippen MR) is 66.6 cm³/mol. The van der Waals surface area contributed by atoms with Crippen molar-refractivity contribution in [3.63, 3.8) is 0 Å². The molecule has 0 spiro atoms. The Kier molecular flexibility index (Phi) is 3.59. The zero-order valence-electron chi connectivity index (χ0n) is 9.84. The quantitative estimate of drug-likeness (QED) is 0.754. The summed E-state index contributed by atoms with van der Waals surface area (Å²) in [6, 6.07) is 8.36. The Hall–Kier alpha value is -1.32. The van der Waals surface area contributed by atoms with Crippen LogP contribution in [-0.4, -0.2) is 20.1 Å². The molecule has 16 heavy (non-hydrogen) atoms. The number of aryl methyl sites for hydroxylation is 1. The summed E-state index contributed by atoms with van der Waals surface area (Å²) < 4.78 is 5.72. The molecule has 3 nitrogen and oxygen atoms in total. The highest BCUT2D eigenvalue weighted by Gasteiger charge is 2.02. The molecule has 1 heterocycles. The van der Waals surface area contributed by atoms with E-state index in [1.807, 2.05) is 13.1 Å². The first-order chi connectivity index (χ1) is 7.79. The molecular weight excluding hydrogens is 200 g/mol. The van der Waals surface area contributed by atoms with Gasteiger partial charge in [0, 0.05) is 18.5 Å². The number of nitrogens with one attached hydrogen (secondary N) is 2. The molecule has 1 aromatic heterocycles. The molecule has 86 valence electrons. The van der Waals surface area contributed by atoms with Crippen LogP contribution in [0.3, 0.4) is 0 Å². The summed E-state index contributed by atoms with van der Waals surface area (Å²) in [5, 5.41) is 7.60. The number of hydrogen-bond donors (Lipinski definition) is 2. The van der Waals surface area contributed by atoms with Crippen molar-refractivity contribution in [2.75, 3.05) is 20.1 Å². The van der Waals surface area contributed by atoms with E-state index < -0.39 is 0 Å². The molecule has 0 aliphatic carbocycles. The van der Waals surface area contributed by atoms with Crippen LogP contribution in [0, 0.1) is 6.92 Å². The molecular formula is C13H18N2O. The summed E-state index contributed by atoms with van der Waals surface area (Å²) >= 11 is 0. The Morgan fingerprint density at radius 1 is 1.19 bits per heavy atom. The van der Waals surface area contributed by atoms with E-state index in [0.29, 0.717) is 0 Å². The third-order valence-electron chi connectivity index (χ3n) is 2.57. The van der Waals surface area contributed by atoms with Gasteiger partial charge in [-0.3, -0.25) is 0 Å². The molecule has 0 aliphatic rings. The van der Waals surface area contributed by atoms with E-state index in [1.165, 1.54) is 10.9 Å². The van der Waals surface area contributed by atoms with Crippen molar-refractivity contribution in [1.82, 2.24) is 10.6 Å². The van der Waals surface area contributed by atoms with Crippen molar-refractivity contribution in [3.05, 3.63) is 35.6 Å². The molecule has 1 aromatic carbocycles. The third-order valence-corrected chi connectivity index (χ3v) is 2.57. The fourth-order valence-corrected chi connectivity index (χ4v) is 1.73. The van der Waals surface area contributed by atoms with Gasteiger partial charge in [-0.2, -0.15) is 0 Å². The Bertz CT molecular complexity index is 462. The molecule has 3 heteroatoms. The van der Waals surface area contributed by atoms with Gasteiger partial charge < -0.3 is 15.1 Å². The van der Waals surface area contributed by atoms with Crippen LogP contribution in [-0.2, 0) is 6.54 Å². The van der Waals surface area contributed by atoms with Crippen LogP contribution in [0.15, 0.2) is 28.7 Å². The van der Waals surface area contributed by atoms with Crippen LogP contribution in [0.4, 0.5) is 0 Å². The number of benzene rings is 1. The van der Waals surface area contributed by atoms with Gasteiger partial charge in [0.25, 0.3) is 0 Å². The van der Waals surface area contributed by atoms with Gasteiger partial charge in [0.2, 0.25) is 0 Å². The average Bonchev–Trinajstić information content (AvgIpc) is 2.66. The zero-order valence-corrected chi connectivity index (χ0v) is 9.84. The van der Waals surface area contributed by atoms with E-state index in [0.717, 1.165) is 31.0 Å². The standard InChI is InChI=1S/C13H18N2O/c1-10-3-4-13-11(7-10)8-12(16-13)9-15-6-5-14-2/h3-4,7-8,14-15H,5-6,9H2,1-2H3. The largest absolute Gasteiger partial charge is 0.460 e. The van der Waals surface area contributed by atoms with Crippen molar-refractivity contribution < 1.29 is 4.42 Å². The van der Waals surface area contributed by atoms with E-state index in [1.54, 1.807) is 0 Å². The van der Waals surface area contributed by atoms with Crippen molar-refractivity contribution in [3.8, 4) is 0 Å². The van der Waals surface area contributed by atoms with Crippen LogP contribution < -0.4 is 10.6 Å². The van der Waals surface area contributed by atoms with Crippen LogP contribution in [0.5, 0.6) is 0 Å². The highest BCUT2D eigenvalue weighted by Crippen LogP contribution is 2.20. The van der Waals surface area contributed by atoms with E-state index in [-0.39, 0.29) is 0 Å². The first-order valence-electron chi connectivity index (χ1n) is 5.64. The minimum atomic E-state index is 0.787. The van der Waals surface area contributed by atoms with E-state index in [4.69, 9.17) is 4.42 Å². The molecule has 2 N–H and O–H groups in total. The molecule has 0 fully saturated rings. The molecule has 0 aliphatic heterocycles. The van der Waals surface area contributed by atoms with Crippen molar-refractivity contribution in [2.45, 2.75) is 13.5 Å². The molecule has 0 bridgehead atoms. The summed E-state index contributed by atoms with van der Waals surface area (Å²) in [7, 11) is 1.95.